The number of ether oxygens (including phenoxy) is 2. The fourth-order valence-corrected chi connectivity index (χ4v) is 11.6. The maximum absolute atomic E-state index is 14.1. The van der Waals surface area contributed by atoms with Gasteiger partial charge in [-0.15, -0.1) is 0 Å². The number of carbonyl (C=O) groups excluding carboxylic acids is 1. The predicted molar refractivity (Wildman–Crippen MR) is 262 cm³/mol. The molecule has 0 radical (unpaired) electrons. The first kappa shape index (κ1) is 45.3. The van der Waals surface area contributed by atoms with Gasteiger partial charge in [-0.2, -0.15) is 0 Å². The second kappa shape index (κ2) is 19.2. The van der Waals surface area contributed by atoms with Gasteiger partial charge in [-0.1, -0.05) is 37.6 Å². The predicted octanol–water partition coefficient (Wildman–Crippen LogP) is 10.3. The summed E-state index contributed by atoms with van der Waals surface area (Å²) in [6.07, 6.45) is 9.36. The molecule has 0 saturated carbocycles. The SMILES string of the molecule is Cc1cc(S(=O)(=O)NC(=O)c2ccc(N3CCN(C(C)C4=C(c5ccc(Cl)cc5)CC(C)(C)CC4)CC3)cc2Oc2ccc3[nH]ccc3c2)ccc1NC1CCN(C2CCOCC2)CC1. The molecule has 4 heterocycles. The third-order valence-electron chi connectivity index (χ3n) is 14.3. The number of nitrogens with zero attached hydrogens (tertiary/aromatic N) is 3. The number of halogens is 1. The van der Waals surface area contributed by atoms with Gasteiger partial charge < -0.3 is 29.6 Å². The Morgan fingerprint density at radius 2 is 1.65 bits per heavy atom. The number of carbonyl (C=O) groups is 1. The Balaban J connectivity index is 0.895. The van der Waals surface area contributed by atoms with Gasteiger partial charge in [-0.25, -0.2) is 13.1 Å². The number of H-pyrrole nitrogens is 1. The molecule has 4 aliphatic rings. The normalized spacial score (nSPS) is 19.9. The maximum atomic E-state index is 14.1. The fraction of sp³-hybridized carbons (Fsp3) is 0.442. The van der Waals surface area contributed by atoms with Crippen LogP contribution in [-0.4, -0.2) is 99.7 Å². The van der Waals surface area contributed by atoms with Gasteiger partial charge in [-0.05, 0) is 153 Å². The molecule has 11 nitrogen and oxygen atoms in total. The standard InChI is InChI=1S/C52H63ClN6O5S/c1-35-31-44(11-14-48(35)55-40-17-23-58(24-18-40)41-19-29-63-30-20-41)65(61,62)56-51(60)46-12-9-42(33-50(46)64-43-10-13-49-38(32-43)16-22-54-49)59-27-25-57(26-28-59)36(2)45-15-21-52(3,4)34-47(45)37-5-7-39(53)8-6-37/h5-14,16,22,31-33,36,40-41,54-55H,15,17-21,23-30,34H2,1-4H3,(H,56,60). The van der Waals surface area contributed by atoms with Crippen LogP contribution >= 0.6 is 11.6 Å². The third-order valence-corrected chi connectivity index (χ3v) is 15.9. The quantitative estimate of drug-likeness (QED) is 0.112. The van der Waals surface area contributed by atoms with Crippen LogP contribution in [0.5, 0.6) is 11.5 Å². The van der Waals surface area contributed by atoms with Crippen molar-refractivity contribution < 1.29 is 22.7 Å². The van der Waals surface area contributed by atoms with Gasteiger partial charge in [-0.3, -0.25) is 9.69 Å². The molecule has 3 N–H and O–H groups in total. The molecule has 13 heteroatoms. The molecule has 0 spiro atoms. The van der Waals surface area contributed by atoms with Crippen molar-refractivity contribution in [1.82, 2.24) is 19.5 Å². The highest BCUT2D eigenvalue weighted by molar-refractivity contribution is 7.90. The molecular formula is C52H63ClN6O5S. The van der Waals surface area contributed by atoms with Gasteiger partial charge in [0.1, 0.15) is 11.5 Å². The van der Waals surface area contributed by atoms with Gasteiger partial charge in [0, 0.05) is 110 Å². The first-order valence-corrected chi connectivity index (χ1v) is 25.3. The number of rotatable bonds is 12. The molecule has 3 fully saturated rings. The number of sulfonamides is 1. The van der Waals surface area contributed by atoms with Crippen LogP contribution in [0.15, 0.2) is 102 Å². The van der Waals surface area contributed by atoms with Gasteiger partial charge in [0.15, 0.2) is 0 Å². The molecule has 1 amide bonds. The van der Waals surface area contributed by atoms with E-state index in [-0.39, 0.29) is 27.7 Å². The van der Waals surface area contributed by atoms with Gasteiger partial charge in [0.25, 0.3) is 15.9 Å². The number of aryl methyl sites for hydroxylation is 1. The van der Waals surface area contributed by atoms with Crippen LogP contribution in [0.1, 0.15) is 87.2 Å². The van der Waals surface area contributed by atoms with Crippen LogP contribution in [0.2, 0.25) is 5.02 Å². The van der Waals surface area contributed by atoms with Gasteiger partial charge >= 0.3 is 0 Å². The van der Waals surface area contributed by atoms with Crippen LogP contribution in [0.3, 0.4) is 0 Å². The van der Waals surface area contributed by atoms with E-state index < -0.39 is 15.9 Å². The molecule has 344 valence electrons. The van der Waals surface area contributed by atoms with Crippen molar-refractivity contribution in [3.63, 3.8) is 0 Å². The van der Waals surface area contributed by atoms with Crippen LogP contribution < -0.4 is 19.7 Å². The summed E-state index contributed by atoms with van der Waals surface area (Å²) < 4.78 is 42.1. The highest BCUT2D eigenvalue weighted by Gasteiger charge is 2.33. The number of likely N-dealkylation sites (tertiary alicyclic amines) is 1. The molecule has 1 atom stereocenters. The van der Waals surface area contributed by atoms with E-state index in [0.717, 1.165) is 130 Å². The Morgan fingerprint density at radius 1 is 0.892 bits per heavy atom. The summed E-state index contributed by atoms with van der Waals surface area (Å²) in [4.78, 5) is 24.8. The Hall–Kier alpha value is -4.85. The van der Waals surface area contributed by atoms with Crippen LogP contribution in [0.4, 0.5) is 11.4 Å². The lowest BCUT2D eigenvalue weighted by molar-refractivity contribution is 0.0262. The number of aromatic amines is 1. The summed E-state index contributed by atoms with van der Waals surface area (Å²) >= 11 is 6.29. The Kier molecular flexibility index (Phi) is 13.4. The number of nitrogens with one attached hydrogen (secondary N) is 3. The molecule has 1 aliphatic carbocycles. The Morgan fingerprint density at radius 3 is 2.38 bits per heavy atom. The third kappa shape index (κ3) is 10.4. The molecule has 4 aromatic carbocycles. The molecule has 9 rings (SSSR count). The van der Waals surface area contributed by atoms with Gasteiger partial charge in [0.05, 0.1) is 10.5 Å². The van der Waals surface area contributed by atoms with Crippen LogP contribution in [0, 0.1) is 12.3 Å². The number of anilines is 2. The number of hydrogen-bond acceptors (Lipinski definition) is 9. The van der Waals surface area contributed by atoms with Crippen LogP contribution in [0.25, 0.3) is 16.5 Å². The van der Waals surface area contributed by atoms with Crippen molar-refractivity contribution in [3.05, 3.63) is 118 Å². The van der Waals surface area contributed by atoms with Crippen molar-refractivity contribution in [1.29, 1.82) is 0 Å². The summed E-state index contributed by atoms with van der Waals surface area (Å²) in [6.45, 7) is 16.0. The molecular weight excluding hydrogens is 856 g/mol. The average molecular weight is 920 g/mol. The number of piperazine rings is 1. The second-order valence-corrected chi connectivity index (χ2v) is 21.4. The smallest absolute Gasteiger partial charge is 0.268 e. The summed E-state index contributed by atoms with van der Waals surface area (Å²) in [7, 11) is -4.22. The summed E-state index contributed by atoms with van der Waals surface area (Å²) in [5.74, 6) is 0.0600. The number of amides is 1. The highest BCUT2D eigenvalue weighted by Crippen LogP contribution is 2.45. The molecule has 65 heavy (non-hydrogen) atoms. The summed E-state index contributed by atoms with van der Waals surface area (Å²) in [6, 6.07) is 27.6. The Labute approximate surface area is 389 Å². The second-order valence-electron chi connectivity index (χ2n) is 19.3. The minimum atomic E-state index is -4.22. The number of fused-ring (bicyclic) bond motifs is 1. The number of allylic oxidation sites excluding steroid dienone is 1. The van der Waals surface area contributed by atoms with E-state index in [0.29, 0.717) is 17.8 Å². The molecule has 0 bridgehead atoms. The zero-order valence-corrected chi connectivity index (χ0v) is 39.7. The monoisotopic (exact) mass is 918 g/mol. The van der Waals surface area contributed by atoms with E-state index in [1.54, 1.807) is 18.2 Å². The average Bonchev–Trinajstić information content (AvgIpc) is 3.78. The molecule has 3 saturated heterocycles. The van der Waals surface area contributed by atoms with Crippen molar-refractivity contribution >= 4 is 55.4 Å². The zero-order chi connectivity index (χ0) is 45.3. The molecule has 5 aromatic rings. The van der Waals surface area contributed by atoms with E-state index in [1.807, 2.05) is 67.7 Å². The maximum Gasteiger partial charge on any atom is 0.268 e. The number of benzene rings is 4. The van der Waals surface area contributed by atoms with E-state index in [1.165, 1.54) is 16.7 Å². The van der Waals surface area contributed by atoms with E-state index >= 15 is 0 Å². The van der Waals surface area contributed by atoms with Gasteiger partial charge in [0.2, 0.25) is 0 Å². The molecule has 3 aliphatic heterocycles. The zero-order valence-electron chi connectivity index (χ0n) is 38.2. The largest absolute Gasteiger partial charge is 0.456 e. The number of hydrogen-bond donors (Lipinski definition) is 3. The number of aromatic nitrogens is 1. The van der Waals surface area contributed by atoms with E-state index in [9.17, 15) is 13.2 Å². The van der Waals surface area contributed by atoms with Crippen LogP contribution in [-0.2, 0) is 14.8 Å². The Bertz CT molecular complexity index is 2640. The topological polar surface area (TPSA) is 119 Å². The molecule has 1 aromatic heterocycles. The molecule has 1 unspecified atom stereocenters. The van der Waals surface area contributed by atoms with Crippen molar-refractivity contribution in [2.24, 2.45) is 5.41 Å². The lowest BCUT2D eigenvalue weighted by Crippen LogP contribution is -2.50. The number of piperidine rings is 1. The van der Waals surface area contributed by atoms with Crippen molar-refractivity contribution in [2.45, 2.75) is 95.7 Å². The first-order valence-electron chi connectivity index (χ1n) is 23.4. The van der Waals surface area contributed by atoms with E-state index in [2.05, 4.69) is 62.6 Å². The van der Waals surface area contributed by atoms with E-state index in [4.69, 9.17) is 21.1 Å². The minimum Gasteiger partial charge on any atom is -0.456 e. The lowest BCUT2D eigenvalue weighted by Gasteiger charge is -2.43. The van der Waals surface area contributed by atoms with Crippen molar-refractivity contribution in [2.75, 3.05) is 62.7 Å². The summed E-state index contributed by atoms with van der Waals surface area (Å²) in [5.41, 5.74) is 8.16. The fourth-order valence-electron chi connectivity index (χ4n) is 10.4. The first-order chi connectivity index (χ1) is 31.3. The highest BCUT2D eigenvalue weighted by atomic mass is 35.5. The minimum absolute atomic E-state index is 0.0281. The van der Waals surface area contributed by atoms with Crippen molar-refractivity contribution in [3.8, 4) is 11.5 Å². The lowest BCUT2D eigenvalue weighted by atomic mass is 9.71. The summed E-state index contributed by atoms with van der Waals surface area (Å²) in [5, 5.41) is 5.37.